The summed E-state index contributed by atoms with van der Waals surface area (Å²) in [6, 6.07) is 0. The summed E-state index contributed by atoms with van der Waals surface area (Å²) in [7, 11) is 0. The van der Waals surface area contributed by atoms with E-state index in [2.05, 4.69) is 51.0 Å². The summed E-state index contributed by atoms with van der Waals surface area (Å²) in [6.45, 7) is 14.9. The minimum atomic E-state index is 0.713. The van der Waals surface area contributed by atoms with Crippen molar-refractivity contribution in [3.05, 3.63) is 11.9 Å². The Bertz CT molecular complexity index is 148. The Balaban J connectivity index is 0. The second kappa shape index (κ2) is 11.4. The first-order valence-electron chi connectivity index (χ1n) is 5.98. The highest BCUT2D eigenvalue weighted by Gasteiger charge is 2.02. The number of hydrazine groups is 2. The fourth-order valence-corrected chi connectivity index (χ4v) is 0.825. The average molecular weight is 215 g/mol. The van der Waals surface area contributed by atoms with Gasteiger partial charge in [0.05, 0.1) is 0 Å². The van der Waals surface area contributed by atoms with E-state index in [4.69, 9.17) is 0 Å². The first-order chi connectivity index (χ1) is 7.02. The molecule has 0 aliphatic carbocycles. The molecule has 0 bridgehead atoms. The van der Waals surface area contributed by atoms with Crippen molar-refractivity contribution in [3.8, 4) is 0 Å². The molecule has 3 nitrogen and oxygen atoms in total. The van der Waals surface area contributed by atoms with Crippen molar-refractivity contribution in [2.45, 2.75) is 54.9 Å². The summed E-state index contributed by atoms with van der Waals surface area (Å²) in [5, 5.41) is 0. The lowest BCUT2D eigenvalue weighted by molar-refractivity contribution is 0.555. The summed E-state index contributed by atoms with van der Waals surface area (Å²) in [4.78, 5) is 0. The van der Waals surface area contributed by atoms with Gasteiger partial charge in [0, 0.05) is 11.9 Å². The molecule has 1 heterocycles. The third kappa shape index (κ3) is 16.0. The molecular weight excluding hydrogens is 186 g/mol. The van der Waals surface area contributed by atoms with Crippen molar-refractivity contribution >= 4 is 0 Å². The third-order valence-electron chi connectivity index (χ3n) is 1.17. The largest absolute Gasteiger partial charge is 0.310 e. The molecule has 3 N–H and O–H groups in total. The number of hydrogen-bond donors (Lipinski definition) is 3. The molecule has 0 saturated carbocycles. The Morgan fingerprint density at radius 2 is 1.53 bits per heavy atom. The number of hydrogen-bond acceptors (Lipinski definition) is 3. The summed E-state index contributed by atoms with van der Waals surface area (Å²) < 4.78 is 0. The Morgan fingerprint density at radius 1 is 1.07 bits per heavy atom. The normalized spacial score (nSPS) is 13.0. The predicted molar refractivity (Wildman–Crippen MR) is 68.8 cm³/mol. The second-order valence-corrected chi connectivity index (χ2v) is 4.39. The quantitative estimate of drug-likeness (QED) is 0.662. The molecule has 0 unspecified atom stereocenters. The summed E-state index contributed by atoms with van der Waals surface area (Å²) in [5.74, 6) is 1.55. The smallest absolute Gasteiger partial charge is 0.0453 e. The zero-order chi connectivity index (χ0) is 12.3. The van der Waals surface area contributed by atoms with Crippen LogP contribution in [0, 0.1) is 11.8 Å². The molecule has 0 radical (unpaired) electrons. The standard InChI is InChI=1S/C6H13N3.C4H10.C2H6/c1-5(2)3-6-4-7-9-8-6;1-4(2)3;1-2/h4-5,7-9H,3H2,1-2H3;4H,1-3H3;1-2H3. The lowest BCUT2D eigenvalue weighted by Crippen LogP contribution is -2.31. The van der Waals surface area contributed by atoms with Gasteiger partial charge in [0.2, 0.25) is 0 Å². The topological polar surface area (TPSA) is 36.1 Å². The molecule has 0 fully saturated rings. The molecular formula is C12H29N3. The maximum absolute atomic E-state index is 2.99. The maximum atomic E-state index is 2.99. The van der Waals surface area contributed by atoms with Crippen LogP contribution in [0.1, 0.15) is 54.9 Å². The van der Waals surface area contributed by atoms with Gasteiger partial charge in [0.1, 0.15) is 0 Å². The van der Waals surface area contributed by atoms with E-state index in [1.165, 1.54) is 5.70 Å². The van der Waals surface area contributed by atoms with Gasteiger partial charge in [-0.1, -0.05) is 48.5 Å². The highest BCUT2D eigenvalue weighted by atomic mass is 15.6. The van der Waals surface area contributed by atoms with Gasteiger partial charge in [-0.3, -0.25) is 0 Å². The minimum Gasteiger partial charge on any atom is -0.310 e. The lowest BCUT2D eigenvalue weighted by Gasteiger charge is -2.04. The molecule has 1 rings (SSSR count). The van der Waals surface area contributed by atoms with Crippen LogP contribution in [0.4, 0.5) is 0 Å². The van der Waals surface area contributed by atoms with Crippen molar-refractivity contribution in [1.82, 2.24) is 16.4 Å². The van der Waals surface area contributed by atoms with Crippen LogP contribution in [0.5, 0.6) is 0 Å². The molecule has 1 aliphatic heterocycles. The van der Waals surface area contributed by atoms with Crippen molar-refractivity contribution < 1.29 is 0 Å². The fourth-order valence-electron chi connectivity index (χ4n) is 0.825. The SMILES string of the molecule is CC.CC(C)C.CC(C)CC1=CNNN1. The van der Waals surface area contributed by atoms with Gasteiger partial charge < -0.3 is 10.9 Å². The number of allylic oxidation sites excluding steroid dienone is 1. The molecule has 0 aromatic rings. The van der Waals surface area contributed by atoms with E-state index < -0.39 is 0 Å². The van der Waals surface area contributed by atoms with E-state index >= 15 is 0 Å². The van der Waals surface area contributed by atoms with Crippen molar-refractivity contribution in [3.63, 3.8) is 0 Å². The molecule has 0 amide bonds. The highest BCUT2D eigenvalue weighted by molar-refractivity contribution is 5.00. The number of nitrogens with one attached hydrogen (secondary N) is 3. The summed E-state index contributed by atoms with van der Waals surface area (Å²) in [5.41, 5.74) is 9.85. The van der Waals surface area contributed by atoms with Gasteiger partial charge in [-0.15, -0.1) is 0 Å². The van der Waals surface area contributed by atoms with Crippen LogP contribution in [0.2, 0.25) is 0 Å². The average Bonchev–Trinajstić information content (AvgIpc) is 2.58. The molecule has 0 atom stereocenters. The van der Waals surface area contributed by atoms with Gasteiger partial charge in [-0.25, -0.2) is 0 Å². The van der Waals surface area contributed by atoms with Crippen LogP contribution < -0.4 is 16.4 Å². The molecule has 15 heavy (non-hydrogen) atoms. The van der Waals surface area contributed by atoms with Crippen LogP contribution in [0.15, 0.2) is 11.9 Å². The van der Waals surface area contributed by atoms with Gasteiger partial charge in [0.15, 0.2) is 0 Å². The Kier molecular flexibility index (Phi) is 12.7. The van der Waals surface area contributed by atoms with Crippen molar-refractivity contribution in [1.29, 1.82) is 0 Å². The molecule has 0 saturated heterocycles. The van der Waals surface area contributed by atoms with Gasteiger partial charge in [0.25, 0.3) is 0 Å². The monoisotopic (exact) mass is 215 g/mol. The van der Waals surface area contributed by atoms with E-state index in [1.807, 2.05) is 20.0 Å². The first-order valence-corrected chi connectivity index (χ1v) is 5.98. The zero-order valence-corrected chi connectivity index (χ0v) is 11.4. The Morgan fingerprint density at radius 3 is 1.80 bits per heavy atom. The number of rotatable bonds is 2. The van der Waals surface area contributed by atoms with Crippen LogP contribution in [-0.4, -0.2) is 0 Å². The van der Waals surface area contributed by atoms with Crippen molar-refractivity contribution in [2.24, 2.45) is 11.8 Å². The molecule has 0 spiro atoms. The van der Waals surface area contributed by atoms with Crippen LogP contribution in [0.25, 0.3) is 0 Å². The van der Waals surface area contributed by atoms with E-state index in [-0.39, 0.29) is 0 Å². The molecule has 1 aliphatic rings. The summed E-state index contributed by atoms with van der Waals surface area (Å²) in [6.07, 6.45) is 3.04. The fraction of sp³-hybridized carbons (Fsp3) is 0.833. The van der Waals surface area contributed by atoms with E-state index in [9.17, 15) is 0 Å². The predicted octanol–water partition coefficient (Wildman–Crippen LogP) is 3.17. The van der Waals surface area contributed by atoms with E-state index in [0.29, 0.717) is 5.92 Å². The Labute approximate surface area is 95.7 Å². The summed E-state index contributed by atoms with van der Waals surface area (Å²) >= 11 is 0. The van der Waals surface area contributed by atoms with E-state index in [0.717, 1.165) is 12.3 Å². The van der Waals surface area contributed by atoms with E-state index in [1.54, 1.807) is 0 Å². The van der Waals surface area contributed by atoms with Crippen LogP contribution in [-0.2, 0) is 0 Å². The molecule has 0 aromatic carbocycles. The highest BCUT2D eigenvalue weighted by Crippen LogP contribution is 2.06. The van der Waals surface area contributed by atoms with Gasteiger partial charge in [-0.05, 0) is 18.3 Å². The first kappa shape index (κ1) is 16.7. The van der Waals surface area contributed by atoms with Crippen molar-refractivity contribution in [2.75, 3.05) is 0 Å². The van der Waals surface area contributed by atoms with Crippen LogP contribution >= 0.6 is 0 Å². The molecule has 3 heteroatoms. The second-order valence-electron chi connectivity index (χ2n) is 4.39. The minimum absolute atomic E-state index is 0.713. The van der Waals surface area contributed by atoms with Gasteiger partial charge >= 0.3 is 0 Å². The Hall–Kier alpha value is -0.700. The molecule has 0 aromatic heterocycles. The third-order valence-corrected chi connectivity index (χ3v) is 1.17. The zero-order valence-electron chi connectivity index (χ0n) is 11.4. The lowest BCUT2D eigenvalue weighted by atomic mass is 10.1. The van der Waals surface area contributed by atoms with Gasteiger partial charge in [-0.2, -0.15) is 5.53 Å². The maximum Gasteiger partial charge on any atom is 0.0453 e. The van der Waals surface area contributed by atoms with Crippen LogP contribution in [0.3, 0.4) is 0 Å². The molecule has 92 valence electrons.